The van der Waals surface area contributed by atoms with Gasteiger partial charge in [-0.25, -0.2) is 4.39 Å². The first-order valence-corrected chi connectivity index (χ1v) is 8.57. The Bertz CT molecular complexity index is 641. The lowest BCUT2D eigenvalue weighted by atomic mass is 10.1. The molecule has 0 spiro atoms. The van der Waals surface area contributed by atoms with Crippen LogP contribution in [0.25, 0.3) is 0 Å². The zero-order valence-corrected chi connectivity index (χ0v) is 13.9. The Morgan fingerprint density at radius 1 is 0.958 bits per heavy atom. The van der Waals surface area contributed by atoms with Crippen molar-refractivity contribution in [1.29, 1.82) is 0 Å². The van der Waals surface area contributed by atoms with Gasteiger partial charge < -0.3 is 9.47 Å². The minimum absolute atomic E-state index is 0.220. The molecule has 0 aliphatic carbocycles. The van der Waals surface area contributed by atoms with Gasteiger partial charge in [-0.1, -0.05) is 36.4 Å². The first-order chi connectivity index (χ1) is 11.8. The summed E-state index contributed by atoms with van der Waals surface area (Å²) in [5.41, 5.74) is 1.77. The van der Waals surface area contributed by atoms with Gasteiger partial charge in [-0.15, -0.1) is 0 Å². The molecular weight excluding hydrogens is 305 g/mol. The van der Waals surface area contributed by atoms with Crippen LogP contribution >= 0.6 is 0 Å². The predicted molar refractivity (Wildman–Crippen MR) is 92.8 cm³/mol. The lowest BCUT2D eigenvalue weighted by molar-refractivity contribution is 0.0374. The van der Waals surface area contributed by atoms with Gasteiger partial charge >= 0.3 is 0 Å². The third-order valence-electron chi connectivity index (χ3n) is 4.34. The first kappa shape index (κ1) is 16.9. The number of halogens is 1. The Kier molecular flexibility index (Phi) is 6.21. The van der Waals surface area contributed by atoms with E-state index >= 15 is 0 Å². The second-order valence-electron chi connectivity index (χ2n) is 6.05. The highest BCUT2D eigenvalue weighted by Gasteiger charge is 2.11. The number of hydrogen-bond acceptors (Lipinski definition) is 3. The molecule has 4 heteroatoms. The monoisotopic (exact) mass is 329 g/mol. The summed E-state index contributed by atoms with van der Waals surface area (Å²) in [6.07, 6.45) is 2.05. The fraction of sp³-hybridized carbons (Fsp3) is 0.400. The summed E-state index contributed by atoms with van der Waals surface area (Å²) in [6.45, 7) is 5.04. The Balaban J connectivity index is 1.53. The molecule has 1 fully saturated rings. The van der Waals surface area contributed by atoms with Gasteiger partial charge in [0.05, 0.1) is 13.2 Å². The molecule has 1 heterocycles. The van der Waals surface area contributed by atoms with E-state index in [1.807, 2.05) is 24.3 Å². The lowest BCUT2D eigenvalue weighted by Gasteiger charge is -2.26. The summed E-state index contributed by atoms with van der Waals surface area (Å²) in [5.74, 6) is 0.630. The van der Waals surface area contributed by atoms with Crippen LogP contribution in [0.2, 0.25) is 0 Å². The third-order valence-corrected chi connectivity index (χ3v) is 4.34. The molecule has 2 aromatic rings. The summed E-state index contributed by atoms with van der Waals surface area (Å²) in [5, 5.41) is 0. The van der Waals surface area contributed by atoms with Crippen molar-refractivity contribution in [2.45, 2.75) is 19.4 Å². The van der Waals surface area contributed by atoms with Crippen LogP contribution in [0.4, 0.5) is 4.39 Å². The molecule has 3 nitrogen and oxygen atoms in total. The second kappa shape index (κ2) is 8.81. The smallest absolute Gasteiger partial charge is 0.129 e. The summed E-state index contributed by atoms with van der Waals surface area (Å²) in [7, 11) is 0. The lowest BCUT2D eigenvalue weighted by Crippen LogP contribution is -2.36. The topological polar surface area (TPSA) is 21.7 Å². The molecular formula is C20H24FNO2. The van der Waals surface area contributed by atoms with Crippen LogP contribution in [0.5, 0.6) is 5.75 Å². The zero-order valence-electron chi connectivity index (χ0n) is 13.9. The van der Waals surface area contributed by atoms with E-state index in [-0.39, 0.29) is 12.4 Å². The van der Waals surface area contributed by atoms with Crippen LogP contribution in [0.1, 0.15) is 17.5 Å². The van der Waals surface area contributed by atoms with E-state index in [1.165, 1.54) is 11.6 Å². The number of morpholine rings is 1. The molecule has 128 valence electrons. The van der Waals surface area contributed by atoms with Crippen molar-refractivity contribution in [3.8, 4) is 5.75 Å². The highest BCUT2D eigenvalue weighted by Crippen LogP contribution is 2.21. The van der Waals surface area contributed by atoms with Crippen molar-refractivity contribution in [3.05, 3.63) is 65.5 Å². The quantitative estimate of drug-likeness (QED) is 0.774. The van der Waals surface area contributed by atoms with Gasteiger partial charge in [0.25, 0.3) is 0 Å². The maximum absolute atomic E-state index is 13.7. The van der Waals surface area contributed by atoms with Gasteiger partial charge in [-0.3, -0.25) is 4.90 Å². The Hall–Kier alpha value is -1.91. The van der Waals surface area contributed by atoms with Gasteiger partial charge in [-0.05, 0) is 37.1 Å². The fourth-order valence-corrected chi connectivity index (χ4v) is 2.94. The van der Waals surface area contributed by atoms with Gasteiger partial charge in [0.2, 0.25) is 0 Å². The maximum Gasteiger partial charge on any atom is 0.129 e. The van der Waals surface area contributed by atoms with Gasteiger partial charge in [0.15, 0.2) is 0 Å². The maximum atomic E-state index is 13.7. The van der Waals surface area contributed by atoms with Crippen LogP contribution in [-0.4, -0.2) is 37.7 Å². The van der Waals surface area contributed by atoms with Gasteiger partial charge in [-0.2, -0.15) is 0 Å². The van der Waals surface area contributed by atoms with Crippen molar-refractivity contribution >= 4 is 0 Å². The third kappa shape index (κ3) is 4.79. The highest BCUT2D eigenvalue weighted by atomic mass is 19.1. The van der Waals surface area contributed by atoms with E-state index in [2.05, 4.69) is 11.0 Å². The number of para-hydroxylation sites is 1. The van der Waals surface area contributed by atoms with Gasteiger partial charge in [0, 0.05) is 18.7 Å². The number of ether oxygens (including phenoxy) is 2. The molecule has 0 bridgehead atoms. The van der Waals surface area contributed by atoms with E-state index in [4.69, 9.17) is 9.47 Å². The van der Waals surface area contributed by atoms with Crippen LogP contribution in [0.3, 0.4) is 0 Å². The van der Waals surface area contributed by atoms with Crippen molar-refractivity contribution in [1.82, 2.24) is 4.90 Å². The van der Waals surface area contributed by atoms with Crippen LogP contribution < -0.4 is 4.74 Å². The van der Waals surface area contributed by atoms with E-state index in [9.17, 15) is 4.39 Å². The standard InChI is InChI=1S/C20H24FNO2/c21-19-9-3-1-7-18(19)16-24-20-10-4-2-6-17(20)8-5-11-22-12-14-23-15-13-22/h1-4,6-7,9-10H,5,8,11-16H2. The van der Waals surface area contributed by atoms with E-state index in [0.717, 1.165) is 51.4 Å². The van der Waals surface area contributed by atoms with Crippen molar-refractivity contribution in [3.63, 3.8) is 0 Å². The Morgan fingerprint density at radius 2 is 1.67 bits per heavy atom. The molecule has 1 aliphatic rings. The number of benzene rings is 2. The summed E-state index contributed by atoms with van der Waals surface area (Å²) < 4.78 is 25.0. The molecule has 1 aliphatic heterocycles. The number of aryl methyl sites for hydroxylation is 1. The predicted octanol–water partition coefficient (Wildman–Crippen LogP) is 3.67. The molecule has 0 unspecified atom stereocenters. The van der Waals surface area contributed by atoms with E-state index in [0.29, 0.717) is 5.56 Å². The minimum atomic E-state index is -0.220. The Labute approximate surface area is 143 Å². The molecule has 0 radical (unpaired) electrons. The molecule has 0 aromatic heterocycles. The normalized spacial score (nSPS) is 15.4. The van der Waals surface area contributed by atoms with Crippen LogP contribution in [-0.2, 0) is 17.8 Å². The van der Waals surface area contributed by atoms with Crippen molar-refractivity contribution in [2.24, 2.45) is 0 Å². The molecule has 0 N–H and O–H groups in total. The molecule has 24 heavy (non-hydrogen) atoms. The second-order valence-corrected chi connectivity index (χ2v) is 6.05. The summed E-state index contributed by atoms with van der Waals surface area (Å²) in [4.78, 5) is 2.44. The Morgan fingerprint density at radius 3 is 2.46 bits per heavy atom. The molecule has 2 aromatic carbocycles. The first-order valence-electron chi connectivity index (χ1n) is 8.57. The van der Waals surface area contributed by atoms with Crippen molar-refractivity contribution < 1.29 is 13.9 Å². The SMILES string of the molecule is Fc1ccccc1COc1ccccc1CCCN1CCOCC1. The zero-order chi connectivity index (χ0) is 16.6. The minimum Gasteiger partial charge on any atom is -0.489 e. The van der Waals surface area contributed by atoms with Crippen LogP contribution in [0, 0.1) is 5.82 Å². The van der Waals surface area contributed by atoms with E-state index in [1.54, 1.807) is 12.1 Å². The average molecular weight is 329 g/mol. The molecule has 0 atom stereocenters. The fourth-order valence-electron chi connectivity index (χ4n) is 2.94. The number of rotatable bonds is 7. The molecule has 0 saturated carbocycles. The van der Waals surface area contributed by atoms with Crippen molar-refractivity contribution in [2.75, 3.05) is 32.8 Å². The van der Waals surface area contributed by atoms with E-state index < -0.39 is 0 Å². The molecule has 0 amide bonds. The molecule has 1 saturated heterocycles. The number of nitrogens with zero attached hydrogens (tertiary/aromatic N) is 1. The largest absolute Gasteiger partial charge is 0.489 e. The summed E-state index contributed by atoms with van der Waals surface area (Å²) in [6, 6.07) is 14.8. The van der Waals surface area contributed by atoms with Crippen LogP contribution in [0.15, 0.2) is 48.5 Å². The molecule has 3 rings (SSSR count). The average Bonchev–Trinajstić information content (AvgIpc) is 2.63. The summed E-state index contributed by atoms with van der Waals surface area (Å²) >= 11 is 0. The highest BCUT2D eigenvalue weighted by molar-refractivity contribution is 5.33. The number of hydrogen-bond donors (Lipinski definition) is 0. The van der Waals surface area contributed by atoms with Gasteiger partial charge in [0.1, 0.15) is 18.2 Å².